The molecule has 0 radical (unpaired) electrons. The molecule has 28 heavy (non-hydrogen) atoms. The summed E-state index contributed by atoms with van der Waals surface area (Å²) < 4.78 is 0. The molecular weight excluding hydrogens is 350 g/mol. The van der Waals surface area contributed by atoms with E-state index in [-0.39, 0.29) is 12.6 Å². The molecule has 0 fully saturated rings. The number of aliphatic hydroxyl groups is 3. The SMILES string of the molecule is OC[C@H](c1ccccc1)N(C[C@H](O)c1ccccc1)C[C@H](O)c1ccccc1. The van der Waals surface area contributed by atoms with Crippen LogP contribution in [0.15, 0.2) is 91.0 Å². The second-order valence-corrected chi connectivity index (χ2v) is 6.92. The normalized spacial score (nSPS) is 14.6. The summed E-state index contributed by atoms with van der Waals surface area (Å²) in [5.74, 6) is 0. The van der Waals surface area contributed by atoms with E-state index in [1.165, 1.54) is 0 Å². The second kappa shape index (κ2) is 10.2. The van der Waals surface area contributed by atoms with Crippen molar-refractivity contribution in [3.63, 3.8) is 0 Å². The zero-order valence-corrected chi connectivity index (χ0v) is 15.8. The fraction of sp³-hybridized carbons (Fsp3) is 0.250. The van der Waals surface area contributed by atoms with Gasteiger partial charge in [0.05, 0.1) is 24.9 Å². The van der Waals surface area contributed by atoms with Crippen LogP contribution in [0.4, 0.5) is 0 Å². The van der Waals surface area contributed by atoms with Gasteiger partial charge in [0.2, 0.25) is 0 Å². The van der Waals surface area contributed by atoms with E-state index in [0.29, 0.717) is 13.1 Å². The lowest BCUT2D eigenvalue weighted by atomic mass is 10.0. The lowest BCUT2D eigenvalue weighted by molar-refractivity contribution is 0.0256. The van der Waals surface area contributed by atoms with E-state index >= 15 is 0 Å². The Bertz CT molecular complexity index is 764. The van der Waals surface area contributed by atoms with Gasteiger partial charge >= 0.3 is 0 Å². The molecule has 0 heterocycles. The first kappa shape index (κ1) is 20.2. The van der Waals surface area contributed by atoms with Crippen molar-refractivity contribution in [2.45, 2.75) is 18.2 Å². The van der Waals surface area contributed by atoms with Gasteiger partial charge in [0.1, 0.15) is 0 Å². The molecule has 0 spiro atoms. The van der Waals surface area contributed by atoms with Gasteiger partial charge in [-0.25, -0.2) is 0 Å². The first-order chi connectivity index (χ1) is 13.7. The van der Waals surface area contributed by atoms with Crippen LogP contribution in [0.5, 0.6) is 0 Å². The predicted molar refractivity (Wildman–Crippen MR) is 111 cm³/mol. The van der Waals surface area contributed by atoms with Crippen molar-refractivity contribution in [2.75, 3.05) is 19.7 Å². The van der Waals surface area contributed by atoms with Crippen molar-refractivity contribution in [1.82, 2.24) is 4.90 Å². The second-order valence-electron chi connectivity index (χ2n) is 6.92. The Morgan fingerprint density at radius 1 is 0.571 bits per heavy atom. The molecule has 3 N–H and O–H groups in total. The van der Waals surface area contributed by atoms with Crippen molar-refractivity contribution >= 4 is 0 Å². The smallest absolute Gasteiger partial charge is 0.0917 e. The first-order valence-corrected chi connectivity index (χ1v) is 9.55. The Labute approximate surface area is 166 Å². The molecule has 0 amide bonds. The molecule has 4 heteroatoms. The molecule has 3 aromatic rings. The highest BCUT2D eigenvalue weighted by atomic mass is 16.3. The van der Waals surface area contributed by atoms with Gasteiger partial charge in [0.15, 0.2) is 0 Å². The molecular formula is C24H27NO3. The molecule has 0 saturated heterocycles. The summed E-state index contributed by atoms with van der Waals surface area (Å²) in [6.07, 6.45) is -1.44. The number of hydrogen-bond donors (Lipinski definition) is 3. The minimum atomic E-state index is -0.720. The van der Waals surface area contributed by atoms with Crippen LogP contribution in [-0.2, 0) is 0 Å². The Hall–Kier alpha value is -2.50. The molecule has 0 unspecified atom stereocenters. The number of nitrogens with zero attached hydrogens (tertiary/aromatic N) is 1. The van der Waals surface area contributed by atoms with Crippen LogP contribution in [-0.4, -0.2) is 39.9 Å². The fourth-order valence-corrected chi connectivity index (χ4v) is 3.44. The molecule has 146 valence electrons. The number of benzene rings is 3. The van der Waals surface area contributed by atoms with Gasteiger partial charge in [-0.1, -0.05) is 91.0 Å². The number of aliphatic hydroxyl groups excluding tert-OH is 3. The maximum Gasteiger partial charge on any atom is 0.0917 e. The quantitative estimate of drug-likeness (QED) is 0.534. The summed E-state index contributed by atoms with van der Waals surface area (Å²) in [7, 11) is 0. The van der Waals surface area contributed by atoms with E-state index < -0.39 is 12.2 Å². The van der Waals surface area contributed by atoms with E-state index in [0.717, 1.165) is 16.7 Å². The summed E-state index contributed by atoms with van der Waals surface area (Å²) in [6, 6.07) is 28.3. The largest absolute Gasteiger partial charge is 0.394 e. The summed E-state index contributed by atoms with van der Waals surface area (Å²) in [6.45, 7) is 0.495. The zero-order chi connectivity index (χ0) is 19.8. The van der Waals surface area contributed by atoms with Gasteiger partial charge in [-0.2, -0.15) is 0 Å². The lowest BCUT2D eigenvalue weighted by Gasteiger charge is -2.34. The van der Waals surface area contributed by atoms with Crippen molar-refractivity contribution < 1.29 is 15.3 Å². The minimum absolute atomic E-state index is 0.104. The third-order valence-electron chi connectivity index (χ3n) is 4.98. The molecule has 0 saturated carbocycles. The van der Waals surface area contributed by atoms with Gasteiger partial charge in [-0.3, -0.25) is 4.90 Å². The van der Waals surface area contributed by atoms with Crippen molar-refractivity contribution in [3.05, 3.63) is 108 Å². The summed E-state index contributed by atoms with van der Waals surface area (Å²) in [4.78, 5) is 1.95. The van der Waals surface area contributed by atoms with E-state index in [1.54, 1.807) is 0 Å². The highest BCUT2D eigenvalue weighted by molar-refractivity contribution is 5.22. The first-order valence-electron chi connectivity index (χ1n) is 9.55. The van der Waals surface area contributed by atoms with E-state index in [1.807, 2.05) is 95.9 Å². The van der Waals surface area contributed by atoms with Crippen LogP contribution in [0.2, 0.25) is 0 Å². The Balaban J connectivity index is 1.84. The Morgan fingerprint density at radius 2 is 0.929 bits per heavy atom. The Morgan fingerprint density at radius 3 is 1.29 bits per heavy atom. The summed E-state index contributed by atoms with van der Waals surface area (Å²) in [5, 5.41) is 31.6. The minimum Gasteiger partial charge on any atom is -0.394 e. The molecule has 3 rings (SSSR count). The summed E-state index contributed by atoms with van der Waals surface area (Å²) >= 11 is 0. The molecule has 3 atom stereocenters. The van der Waals surface area contributed by atoms with Gasteiger partial charge in [0, 0.05) is 13.1 Å². The van der Waals surface area contributed by atoms with Crippen molar-refractivity contribution in [1.29, 1.82) is 0 Å². The van der Waals surface area contributed by atoms with Gasteiger partial charge < -0.3 is 15.3 Å². The maximum atomic E-state index is 10.8. The molecule has 0 aliphatic rings. The van der Waals surface area contributed by atoms with E-state index in [9.17, 15) is 15.3 Å². The fourth-order valence-electron chi connectivity index (χ4n) is 3.44. The average molecular weight is 377 g/mol. The van der Waals surface area contributed by atoms with Crippen LogP contribution in [0.25, 0.3) is 0 Å². The maximum absolute atomic E-state index is 10.8. The third-order valence-corrected chi connectivity index (χ3v) is 4.98. The van der Waals surface area contributed by atoms with E-state index in [2.05, 4.69) is 0 Å². The summed E-state index contributed by atoms with van der Waals surface area (Å²) in [5.41, 5.74) is 2.57. The van der Waals surface area contributed by atoms with Gasteiger partial charge in [0.25, 0.3) is 0 Å². The number of hydrogen-bond acceptors (Lipinski definition) is 4. The topological polar surface area (TPSA) is 63.9 Å². The average Bonchev–Trinajstić information content (AvgIpc) is 2.76. The predicted octanol–water partition coefficient (Wildman–Crippen LogP) is 3.49. The third kappa shape index (κ3) is 5.27. The van der Waals surface area contributed by atoms with Crippen LogP contribution in [0, 0.1) is 0 Å². The zero-order valence-electron chi connectivity index (χ0n) is 15.8. The molecule has 0 aliphatic heterocycles. The van der Waals surface area contributed by atoms with Gasteiger partial charge in [-0.15, -0.1) is 0 Å². The molecule has 0 bridgehead atoms. The van der Waals surface area contributed by atoms with Crippen molar-refractivity contribution in [2.24, 2.45) is 0 Å². The van der Waals surface area contributed by atoms with Crippen LogP contribution in [0.3, 0.4) is 0 Å². The molecule has 0 aromatic heterocycles. The van der Waals surface area contributed by atoms with Crippen LogP contribution < -0.4 is 0 Å². The molecule has 4 nitrogen and oxygen atoms in total. The molecule has 0 aliphatic carbocycles. The number of rotatable bonds is 9. The van der Waals surface area contributed by atoms with Crippen LogP contribution >= 0.6 is 0 Å². The highest BCUT2D eigenvalue weighted by Crippen LogP contribution is 2.26. The highest BCUT2D eigenvalue weighted by Gasteiger charge is 2.25. The monoisotopic (exact) mass is 377 g/mol. The van der Waals surface area contributed by atoms with Crippen molar-refractivity contribution in [3.8, 4) is 0 Å². The van der Waals surface area contributed by atoms with E-state index in [4.69, 9.17) is 0 Å². The standard InChI is InChI=1S/C24H27NO3/c26-18-22(19-10-4-1-5-11-19)25(16-23(27)20-12-6-2-7-13-20)17-24(28)21-14-8-3-9-15-21/h1-15,22-24,26-28H,16-18H2/t22-,23+,24+/m1/s1. The lowest BCUT2D eigenvalue weighted by Crippen LogP contribution is -2.37. The van der Waals surface area contributed by atoms with Gasteiger partial charge in [-0.05, 0) is 16.7 Å². The Kier molecular flexibility index (Phi) is 7.34. The molecule has 3 aromatic carbocycles. The van der Waals surface area contributed by atoms with Crippen LogP contribution in [0.1, 0.15) is 34.9 Å².